The third-order valence-corrected chi connectivity index (χ3v) is 17.8. The van der Waals surface area contributed by atoms with E-state index in [1.54, 1.807) is 0 Å². The average molecular weight is 927 g/mol. The molecule has 0 saturated heterocycles. The highest BCUT2D eigenvalue weighted by molar-refractivity contribution is 7.40. The fourth-order valence-electron chi connectivity index (χ4n) is 11.7. The number of hydrogen-bond donors (Lipinski definition) is 0. The van der Waals surface area contributed by atoms with Crippen LogP contribution in [0.15, 0.2) is 164 Å². The lowest BCUT2D eigenvalue weighted by molar-refractivity contribution is 0.866. The normalized spacial score (nSPS) is 13.4. The summed E-state index contributed by atoms with van der Waals surface area (Å²) in [4.78, 5) is 5.32. The molecule has 0 fully saturated rings. The van der Waals surface area contributed by atoms with Crippen molar-refractivity contribution in [2.24, 2.45) is 0 Å². The highest BCUT2D eigenvalue weighted by Gasteiger charge is 2.47. The minimum absolute atomic E-state index is 0.0645. The monoisotopic (exact) mass is 926 g/mol. The van der Waals surface area contributed by atoms with E-state index in [2.05, 4.69) is 229 Å². The summed E-state index contributed by atoms with van der Waals surface area (Å²) in [6.45, 7) is 18.6. The number of thiophene rings is 2. The zero-order valence-corrected chi connectivity index (χ0v) is 42.3. The smallest absolute Gasteiger partial charge is 0.277 e. The van der Waals surface area contributed by atoms with Crippen LogP contribution < -0.4 is 24.8 Å². The molecule has 0 amide bonds. The van der Waals surface area contributed by atoms with Gasteiger partial charge in [0.15, 0.2) is 0 Å². The molecule has 0 N–H and O–H groups in total. The first kappa shape index (κ1) is 42.4. The summed E-state index contributed by atoms with van der Waals surface area (Å²) in [5, 5.41) is 10.5. The van der Waals surface area contributed by atoms with Gasteiger partial charge in [0.1, 0.15) is 0 Å². The Labute approximate surface area is 414 Å². The Morgan fingerprint density at radius 3 is 1.38 bits per heavy atom. The summed E-state index contributed by atoms with van der Waals surface area (Å²) in [6, 6.07) is 63.5. The third-order valence-electron chi connectivity index (χ3n) is 15.4. The van der Waals surface area contributed by atoms with Gasteiger partial charge in [-0.1, -0.05) is 159 Å². The molecule has 0 atom stereocenters. The predicted octanol–water partition coefficient (Wildman–Crippen LogP) is 17.8. The van der Waals surface area contributed by atoms with Crippen LogP contribution in [0.3, 0.4) is 0 Å². The molecule has 11 aromatic rings. The third kappa shape index (κ3) is 6.36. The fourth-order valence-corrected chi connectivity index (χ4v) is 14.3. The maximum atomic E-state index is 2.70. The highest BCUT2D eigenvalue weighted by atomic mass is 32.1. The van der Waals surface area contributed by atoms with Gasteiger partial charge in [0.2, 0.25) is 0 Å². The molecule has 5 heteroatoms. The van der Waals surface area contributed by atoms with E-state index in [1.807, 2.05) is 22.7 Å². The molecule has 9 aromatic carbocycles. The first-order valence-electron chi connectivity index (χ1n) is 25.0. The molecule has 2 aromatic heterocycles. The van der Waals surface area contributed by atoms with Crippen molar-refractivity contribution in [3.8, 4) is 11.1 Å². The number of fused-ring (bicyclic) bond motifs is 14. The van der Waals surface area contributed by atoms with Gasteiger partial charge in [-0.25, -0.2) is 0 Å². The zero-order chi connectivity index (χ0) is 47.0. The molecule has 0 saturated carbocycles. The Kier molecular flexibility index (Phi) is 9.81. The van der Waals surface area contributed by atoms with Crippen LogP contribution in [0.4, 0.5) is 34.1 Å². The lowest BCUT2D eigenvalue weighted by atomic mass is 9.39. The van der Waals surface area contributed by atoms with Gasteiger partial charge in [0.05, 0.1) is 17.1 Å². The summed E-state index contributed by atoms with van der Waals surface area (Å²) < 4.78 is 5.53. The molecule has 13 rings (SSSR count). The molecule has 2 aliphatic heterocycles. The van der Waals surface area contributed by atoms with Gasteiger partial charge in [-0.2, -0.15) is 0 Å². The Morgan fingerprint density at radius 1 is 0.362 bits per heavy atom. The van der Waals surface area contributed by atoms with Gasteiger partial charge in [0, 0.05) is 52.4 Å². The van der Waals surface area contributed by atoms with Crippen LogP contribution in [0, 0.1) is 0 Å². The minimum atomic E-state index is 0.0645. The average Bonchev–Trinajstić information content (AvgIpc) is 3.94. The SMILES string of the molecule is CC(C)c1ccc(N2c3cccc4c3B(c3sc5ccc(C(C)C)cc5c32)c2sc3ccc(C(C)C)cc3c2N4c2ccc(C(C)C)cc2-c2cccc3c4ccccc4c4ccccc4c23)cc1. The van der Waals surface area contributed by atoms with E-state index in [0.29, 0.717) is 23.7 Å². The second-order valence-corrected chi connectivity index (χ2v) is 22.9. The minimum Gasteiger partial charge on any atom is -0.310 e. The van der Waals surface area contributed by atoms with E-state index < -0.39 is 0 Å². The van der Waals surface area contributed by atoms with E-state index >= 15 is 0 Å². The van der Waals surface area contributed by atoms with Crippen molar-refractivity contribution < 1.29 is 0 Å². The quantitative estimate of drug-likeness (QED) is 0.116. The van der Waals surface area contributed by atoms with Crippen molar-refractivity contribution in [1.82, 2.24) is 0 Å². The van der Waals surface area contributed by atoms with Crippen LogP contribution in [0.2, 0.25) is 0 Å². The lowest BCUT2D eigenvalue weighted by Gasteiger charge is -2.42. The number of hydrogen-bond acceptors (Lipinski definition) is 4. The number of nitrogens with zero attached hydrogens (tertiary/aromatic N) is 2. The largest absolute Gasteiger partial charge is 0.310 e. The predicted molar refractivity (Wildman–Crippen MR) is 306 cm³/mol. The Bertz CT molecular complexity index is 3840. The highest BCUT2D eigenvalue weighted by Crippen LogP contribution is 2.53. The number of anilines is 6. The van der Waals surface area contributed by atoms with Crippen molar-refractivity contribution in [3.05, 3.63) is 186 Å². The molecule has 0 bridgehead atoms. The maximum absolute atomic E-state index is 2.70. The van der Waals surface area contributed by atoms with Crippen molar-refractivity contribution in [1.29, 1.82) is 0 Å². The van der Waals surface area contributed by atoms with Crippen LogP contribution in [-0.4, -0.2) is 6.71 Å². The molecule has 0 spiro atoms. The number of rotatable bonds is 7. The van der Waals surface area contributed by atoms with Crippen LogP contribution in [0.25, 0.3) is 63.6 Å². The van der Waals surface area contributed by atoms with E-state index in [0.717, 1.165) is 0 Å². The topological polar surface area (TPSA) is 6.48 Å². The van der Waals surface area contributed by atoms with E-state index in [-0.39, 0.29) is 6.71 Å². The molecule has 0 aliphatic carbocycles. The summed E-state index contributed by atoms with van der Waals surface area (Å²) in [6.07, 6.45) is 0. The van der Waals surface area contributed by atoms with Gasteiger partial charge in [-0.05, 0) is 150 Å². The van der Waals surface area contributed by atoms with Crippen LogP contribution in [-0.2, 0) is 0 Å². The summed E-state index contributed by atoms with van der Waals surface area (Å²) in [7, 11) is 0. The first-order chi connectivity index (χ1) is 33.5. The molecule has 2 nitrogen and oxygen atoms in total. The molecule has 4 heterocycles. The van der Waals surface area contributed by atoms with Gasteiger partial charge in [-0.15, -0.1) is 22.7 Å². The summed E-state index contributed by atoms with van der Waals surface area (Å²) >= 11 is 4.00. The summed E-state index contributed by atoms with van der Waals surface area (Å²) in [5.41, 5.74) is 16.9. The first-order valence-corrected chi connectivity index (χ1v) is 26.6. The van der Waals surface area contributed by atoms with E-state index in [4.69, 9.17) is 0 Å². The van der Waals surface area contributed by atoms with E-state index in [1.165, 1.54) is 135 Å². The van der Waals surface area contributed by atoms with Crippen molar-refractivity contribution in [2.45, 2.75) is 79.1 Å². The van der Waals surface area contributed by atoms with Crippen molar-refractivity contribution in [3.63, 3.8) is 0 Å². The lowest BCUT2D eigenvalue weighted by Crippen LogP contribution is -2.59. The van der Waals surface area contributed by atoms with E-state index in [9.17, 15) is 0 Å². The Morgan fingerprint density at radius 2 is 0.812 bits per heavy atom. The fraction of sp³-hybridized carbons (Fsp3) is 0.188. The molecule has 2 aliphatic rings. The molecule has 0 radical (unpaired) electrons. The molecule has 69 heavy (non-hydrogen) atoms. The Balaban J connectivity index is 1.16. The van der Waals surface area contributed by atoms with Gasteiger partial charge >= 0.3 is 0 Å². The molecular formula is C64H55BN2S2. The second kappa shape index (κ2) is 16.0. The van der Waals surface area contributed by atoms with Crippen LogP contribution >= 0.6 is 22.7 Å². The van der Waals surface area contributed by atoms with Crippen LogP contribution in [0.1, 0.15) is 101 Å². The van der Waals surface area contributed by atoms with Crippen LogP contribution in [0.5, 0.6) is 0 Å². The molecule has 336 valence electrons. The van der Waals surface area contributed by atoms with Gasteiger partial charge < -0.3 is 9.80 Å². The Hall–Kier alpha value is -6.66. The van der Waals surface area contributed by atoms with Crippen molar-refractivity contribution >= 4 is 131 Å². The zero-order valence-electron chi connectivity index (χ0n) is 40.7. The van der Waals surface area contributed by atoms with Gasteiger partial charge in [0.25, 0.3) is 6.71 Å². The number of benzene rings is 9. The van der Waals surface area contributed by atoms with Crippen molar-refractivity contribution in [2.75, 3.05) is 9.80 Å². The summed E-state index contributed by atoms with van der Waals surface area (Å²) in [5.74, 6) is 1.62. The standard InChI is InChI=1S/C64H55BN2S2/c1-36(2)40-23-28-44(29-24-40)66-55-21-14-22-56-60(55)65(63-61(66)52-34-42(38(5)6)26-31-57(52)68-63)64-62(53-35-43(39(7)8)27-32-58(53)69-64)67(56)54-30-25-41(37(3)4)33-51(54)50-20-13-19-49-47-16-10-9-15-45(47)46-17-11-12-18-48(46)59(49)50/h9-39H,1-8H3. The second-order valence-electron chi connectivity index (χ2n) is 20.8. The molecule has 0 unspecified atom stereocenters. The maximum Gasteiger partial charge on any atom is 0.277 e. The molecular weight excluding hydrogens is 872 g/mol. The van der Waals surface area contributed by atoms with Gasteiger partial charge in [-0.3, -0.25) is 0 Å².